The third kappa shape index (κ3) is 17.4. The highest BCUT2D eigenvalue weighted by Crippen LogP contribution is 2.55. The Kier molecular flexibility index (Phi) is 24.6. The van der Waals surface area contributed by atoms with Crippen molar-refractivity contribution in [3.8, 4) is 11.3 Å². The van der Waals surface area contributed by atoms with Gasteiger partial charge in [0.05, 0.1) is 55.2 Å². The second-order valence-corrected chi connectivity index (χ2v) is 35.9. The summed E-state index contributed by atoms with van der Waals surface area (Å²) in [4.78, 5) is 12.0. The smallest absolute Gasteiger partial charge is 0.145 e. The van der Waals surface area contributed by atoms with Crippen LogP contribution in [0.1, 0.15) is 155 Å². The molecule has 0 radical (unpaired) electrons. The number of rotatable bonds is 12. The van der Waals surface area contributed by atoms with Gasteiger partial charge in [0.2, 0.25) is 0 Å². The first kappa shape index (κ1) is 82.4. The zero-order valence-electron chi connectivity index (χ0n) is 73.3. The van der Waals surface area contributed by atoms with Gasteiger partial charge in [0, 0.05) is 28.4 Å². The molecule has 122 heavy (non-hydrogen) atoms. The Balaban J connectivity index is 0.000000115. The van der Waals surface area contributed by atoms with Gasteiger partial charge in [-0.05, 0) is 212 Å². The van der Waals surface area contributed by atoms with Crippen LogP contribution in [0.5, 0.6) is 0 Å². The first-order valence-electron chi connectivity index (χ1n) is 42.8. The molecule has 10 aromatic carbocycles. The quantitative estimate of drug-likeness (QED) is 0.0692. The highest BCUT2D eigenvalue weighted by Gasteiger charge is 2.41. The van der Waals surface area contributed by atoms with Crippen LogP contribution in [0.2, 0.25) is 0 Å². The minimum atomic E-state index is -0.660. The molecule has 3 unspecified atom stereocenters. The number of nitrogens with zero attached hydrogens (tertiary/aromatic N) is 10. The fraction of sp³-hybridized carbons (Fsp3) is 0.189. The molecule has 10 heterocycles. The lowest BCUT2D eigenvalue weighted by atomic mass is 9.99. The van der Waals surface area contributed by atoms with Gasteiger partial charge in [0.25, 0.3) is 0 Å². The number of fused-ring (bicyclic) bond motifs is 5. The molecule has 0 fully saturated rings. The second-order valence-electron chi connectivity index (χ2n) is 33.6. The average molecular weight is 1620 g/mol. The van der Waals surface area contributed by atoms with Crippen LogP contribution in [-0.4, -0.2) is 0 Å². The van der Waals surface area contributed by atoms with Gasteiger partial charge in [0.1, 0.15) is 67.5 Å². The second kappa shape index (κ2) is 36.4. The van der Waals surface area contributed by atoms with Crippen molar-refractivity contribution in [3.05, 3.63) is 485 Å². The minimum Gasteiger partial charge on any atom is -0.348 e. The summed E-state index contributed by atoms with van der Waals surface area (Å²) in [7, 11) is -0.660. The summed E-state index contributed by atoms with van der Waals surface area (Å²) in [5, 5.41) is 2.79. The number of anilines is 5. The molecular weight excluding hydrogens is 1500 g/mol. The first-order valence-corrected chi connectivity index (χ1v) is 44.3. The predicted octanol–water partition coefficient (Wildman–Crippen LogP) is 22.4. The highest BCUT2D eigenvalue weighted by molar-refractivity contribution is 7.73. The predicted molar refractivity (Wildman–Crippen MR) is 503 cm³/mol. The molecule has 0 N–H and O–H groups in total. The number of aryl methyl sites for hydroxylation is 13. The fourth-order valence-corrected chi connectivity index (χ4v) is 21.6. The summed E-state index contributed by atoms with van der Waals surface area (Å²) >= 11 is 0. The molecule has 11 heteroatoms. The first-order chi connectivity index (χ1) is 59.2. The molecule has 0 saturated heterocycles. The molecule has 5 aliphatic rings. The van der Waals surface area contributed by atoms with Crippen LogP contribution in [0.15, 0.2) is 334 Å². The van der Waals surface area contributed by atoms with Crippen LogP contribution < -0.4 is 57.9 Å². The Hall–Kier alpha value is -13.3. The third-order valence-electron chi connectivity index (χ3n) is 23.9. The van der Waals surface area contributed by atoms with Crippen LogP contribution in [-0.2, 0) is 13.1 Å². The van der Waals surface area contributed by atoms with E-state index in [0.29, 0.717) is 5.92 Å². The summed E-state index contributed by atoms with van der Waals surface area (Å²) in [5.74, 6) is 0.754. The number of aromatic nitrogens is 5. The normalized spacial score (nSPS) is 14.8. The fourth-order valence-electron chi connectivity index (χ4n) is 18.9. The van der Waals surface area contributed by atoms with Crippen LogP contribution in [0.25, 0.3) is 11.3 Å². The lowest BCUT2D eigenvalue weighted by molar-refractivity contribution is -0.636. The van der Waals surface area contributed by atoms with Gasteiger partial charge in [-0.1, -0.05) is 321 Å². The van der Waals surface area contributed by atoms with Crippen molar-refractivity contribution in [2.75, 3.05) is 24.5 Å². The summed E-state index contributed by atoms with van der Waals surface area (Å²) in [6, 6.07) is 114. The van der Waals surface area contributed by atoms with E-state index in [-0.39, 0.29) is 17.9 Å². The largest absolute Gasteiger partial charge is 0.348 e. The number of hydrogen-bond acceptors (Lipinski definition) is 5. The van der Waals surface area contributed by atoms with Gasteiger partial charge in [-0.2, -0.15) is 0 Å². The molecule has 0 saturated carbocycles. The van der Waals surface area contributed by atoms with E-state index >= 15 is 0 Å². The van der Waals surface area contributed by atoms with Crippen LogP contribution in [0, 0.1) is 123 Å². The maximum absolute atomic E-state index is 2.52. The summed E-state index contributed by atoms with van der Waals surface area (Å²) in [6.45, 7) is 46.0. The Bertz CT molecular complexity index is 6040. The van der Waals surface area contributed by atoms with E-state index in [1.54, 1.807) is 0 Å². The van der Waals surface area contributed by atoms with Crippen molar-refractivity contribution in [1.82, 2.24) is 0 Å². The molecule has 0 amide bonds. The number of benzene rings is 10. The molecule has 0 bridgehead atoms. The Morgan fingerprint density at radius 1 is 0.311 bits per heavy atom. The Morgan fingerprint density at radius 2 is 0.705 bits per heavy atom. The van der Waals surface area contributed by atoms with Gasteiger partial charge in [-0.3, -0.25) is 0 Å². The average Bonchev–Trinajstić information content (AvgIpc) is 1.59. The van der Waals surface area contributed by atoms with Gasteiger partial charge < -0.3 is 47.3 Å². The van der Waals surface area contributed by atoms with Crippen LogP contribution in [0.4, 0.5) is 28.4 Å². The van der Waals surface area contributed by atoms with Gasteiger partial charge >= 0.3 is 0 Å². The summed E-state index contributed by atoms with van der Waals surface area (Å²) in [5.41, 5.74) is 36.7. The van der Waals surface area contributed by atoms with Crippen LogP contribution in [0.3, 0.4) is 0 Å². The van der Waals surface area contributed by atoms with Crippen molar-refractivity contribution in [3.63, 3.8) is 0 Å². The van der Waals surface area contributed by atoms with E-state index in [0.717, 1.165) is 13.1 Å². The zero-order chi connectivity index (χ0) is 84.8. The Labute approximate surface area is 726 Å². The lowest BCUT2D eigenvalue weighted by Gasteiger charge is -2.35. The van der Waals surface area contributed by atoms with Crippen LogP contribution >= 0.6 is 7.92 Å². The maximum atomic E-state index is 2.52. The minimum absolute atomic E-state index is 0.139. The summed E-state index contributed by atoms with van der Waals surface area (Å²) < 4.78 is 11.3. The van der Waals surface area contributed by atoms with Crippen molar-refractivity contribution in [2.24, 2.45) is 0 Å². The monoisotopic (exact) mass is 1620 g/mol. The molecule has 15 aromatic rings. The molecular formula is C111H113N10P. The van der Waals surface area contributed by atoms with Gasteiger partial charge in [-0.15, -0.1) is 0 Å². The number of hydrogen-bond donors (Lipinski definition) is 0. The van der Waals surface area contributed by atoms with E-state index in [1.165, 1.54) is 168 Å². The standard InChI is InChI=1S/C28H27N2P.C28H26N2.C22H22N2.C17H20N2.C16H18N2/c1-21-18-22(2)27(23(3)19-21)30-20-29-17-11-10-16-26(29)28(30)31(24-12-6-4-7-13-24)25-14-8-5-9-15-25;1-21(2)22-16-18-25(19-17-22)29-20-30-26(23-10-5-3-6-11-23)14-9-15-27(30)28(29)24-12-7-4-8-13-24;1-16-13-17(2)21(18(3)14-16)24-15-23-12-8-7-11-20(23)22(24)19-9-5-4-6-10-19;1-12-8-13(2)17(14(3)9-12)18-10-16-7-5-6-15(4)19(16)11-18;1-12-8-13(2)16(14(3)9-12)18-10-15-6-4-5-7-17(15)11-18/h4-20,28H,1-3H3;3-21,28H,1-2H3;4-15,22H,1-3H3;5-9,11H,10H2,1-4H3;4-9,11H,10H2,1-3H3. The molecule has 0 spiro atoms. The third-order valence-corrected chi connectivity index (χ3v) is 26.6. The zero-order valence-corrected chi connectivity index (χ0v) is 74.2. The van der Waals surface area contributed by atoms with E-state index < -0.39 is 7.92 Å². The van der Waals surface area contributed by atoms with E-state index in [9.17, 15) is 0 Å². The van der Waals surface area contributed by atoms with Crippen molar-refractivity contribution < 1.29 is 22.8 Å². The van der Waals surface area contributed by atoms with E-state index in [2.05, 4.69) is 519 Å². The Morgan fingerprint density at radius 3 is 1.20 bits per heavy atom. The van der Waals surface area contributed by atoms with Crippen molar-refractivity contribution in [1.29, 1.82) is 0 Å². The van der Waals surface area contributed by atoms with E-state index in [4.69, 9.17) is 0 Å². The van der Waals surface area contributed by atoms with Crippen molar-refractivity contribution in [2.45, 2.75) is 141 Å². The van der Waals surface area contributed by atoms with E-state index in [1.807, 2.05) is 0 Å². The molecule has 3 atom stereocenters. The number of pyridine rings is 5. The maximum Gasteiger partial charge on any atom is 0.145 e. The van der Waals surface area contributed by atoms with Gasteiger partial charge in [0.15, 0.2) is 0 Å². The molecule has 612 valence electrons. The molecule has 10 nitrogen and oxygen atoms in total. The molecule has 5 aromatic heterocycles. The topological polar surface area (TPSA) is 35.6 Å². The molecule has 20 rings (SSSR count). The van der Waals surface area contributed by atoms with Gasteiger partial charge in [-0.25, -0.2) is 0 Å². The molecule has 5 aliphatic heterocycles. The lowest BCUT2D eigenvalue weighted by Crippen LogP contribution is -2.37. The summed E-state index contributed by atoms with van der Waals surface area (Å²) in [6.07, 6.45) is 6.41. The highest BCUT2D eigenvalue weighted by atomic mass is 31.1. The molecule has 0 aliphatic carbocycles. The van der Waals surface area contributed by atoms with Crippen molar-refractivity contribution >= 4 is 47.0 Å². The SMILES string of the molecule is CC(C)c1ccc(N2[CH-][n+]3c(-c4ccccc4)cccc3C2c2ccccc2)cc1.Cc1cc(C)c(N2[CH-][n+]3c(C)cccc3C2)c(C)c1.Cc1cc(C)c(N2[CH-][n+]3ccccc3C2)c(C)c1.Cc1cc(C)c(N2[CH-][n+]3ccccc3C2P(c2ccccc2)c2ccccc2)c(C)c1.Cc1cc(C)c(N2[CH-][n+]3ccccc3C2c2ccccc2)c(C)c1.